The lowest BCUT2D eigenvalue weighted by Crippen LogP contribution is -2.40. The molecule has 0 aliphatic carbocycles. The van der Waals surface area contributed by atoms with Crippen LogP contribution in [0.15, 0.2) is 42.5 Å². The summed E-state index contributed by atoms with van der Waals surface area (Å²) in [5.74, 6) is 0. The van der Waals surface area contributed by atoms with E-state index < -0.39 is 5.60 Å². The molecule has 0 spiro atoms. The van der Waals surface area contributed by atoms with Gasteiger partial charge in [0.25, 0.3) is 0 Å². The van der Waals surface area contributed by atoms with E-state index in [0.29, 0.717) is 6.54 Å². The van der Waals surface area contributed by atoms with E-state index in [2.05, 4.69) is 12.2 Å². The van der Waals surface area contributed by atoms with Crippen molar-refractivity contribution in [1.29, 1.82) is 0 Å². The number of rotatable bonds is 1. The van der Waals surface area contributed by atoms with E-state index in [4.69, 9.17) is 4.74 Å². The predicted molar refractivity (Wildman–Crippen MR) is 75.9 cm³/mol. The molecule has 19 heavy (non-hydrogen) atoms. The highest BCUT2D eigenvalue weighted by Gasteiger charge is 2.28. The fourth-order valence-corrected chi connectivity index (χ4v) is 2.15. The standard InChI is InChI=1S/C16H21NO2/c1-16(2,3)19-15(18)17-12-8-7-11-14(17)13-9-5-4-6-10-13/h4-7,9-11,14H,8,12H2,1-3H3. The van der Waals surface area contributed by atoms with Gasteiger partial charge in [-0.25, -0.2) is 4.79 Å². The maximum Gasteiger partial charge on any atom is 0.411 e. The third kappa shape index (κ3) is 3.60. The van der Waals surface area contributed by atoms with Gasteiger partial charge in [-0.15, -0.1) is 0 Å². The van der Waals surface area contributed by atoms with Gasteiger partial charge in [-0.05, 0) is 32.8 Å². The molecular weight excluding hydrogens is 238 g/mol. The molecule has 1 atom stereocenters. The Bertz CT molecular complexity index is 459. The average Bonchev–Trinajstić information content (AvgIpc) is 2.38. The SMILES string of the molecule is CC(C)(C)OC(=O)N1CCC=CC1c1ccccc1. The van der Waals surface area contributed by atoms with Crippen molar-refractivity contribution in [2.24, 2.45) is 0 Å². The van der Waals surface area contributed by atoms with Gasteiger partial charge in [-0.3, -0.25) is 4.90 Å². The maximum absolute atomic E-state index is 12.3. The molecule has 0 saturated carbocycles. The van der Waals surface area contributed by atoms with Crippen molar-refractivity contribution < 1.29 is 9.53 Å². The van der Waals surface area contributed by atoms with E-state index in [1.807, 2.05) is 51.1 Å². The van der Waals surface area contributed by atoms with Gasteiger partial charge < -0.3 is 4.74 Å². The molecular formula is C16H21NO2. The second-order valence-corrected chi connectivity index (χ2v) is 5.75. The van der Waals surface area contributed by atoms with Crippen LogP contribution < -0.4 is 0 Å². The van der Waals surface area contributed by atoms with E-state index in [0.717, 1.165) is 12.0 Å². The fraction of sp³-hybridized carbons (Fsp3) is 0.438. The van der Waals surface area contributed by atoms with Crippen molar-refractivity contribution in [3.63, 3.8) is 0 Å². The Kier molecular flexibility index (Phi) is 3.93. The molecule has 102 valence electrons. The molecule has 1 amide bonds. The van der Waals surface area contributed by atoms with Crippen molar-refractivity contribution in [2.75, 3.05) is 6.54 Å². The Morgan fingerprint density at radius 2 is 1.95 bits per heavy atom. The van der Waals surface area contributed by atoms with Crippen molar-refractivity contribution in [3.05, 3.63) is 48.0 Å². The number of nitrogens with zero attached hydrogens (tertiary/aromatic N) is 1. The summed E-state index contributed by atoms with van der Waals surface area (Å²) in [4.78, 5) is 14.1. The Morgan fingerprint density at radius 1 is 1.26 bits per heavy atom. The highest BCUT2D eigenvalue weighted by molar-refractivity contribution is 5.69. The van der Waals surface area contributed by atoms with Crippen molar-refractivity contribution in [2.45, 2.75) is 38.8 Å². The van der Waals surface area contributed by atoms with Crippen LogP contribution in [0.5, 0.6) is 0 Å². The summed E-state index contributed by atoms with van der Waals surface area (Å²) in [5, 5.41) is 0. The van der Waals surface area contributed by atoms with E-state index in [-0.39, 0.29) is 12.1 Å². The summed E-state index contributed by atoms with van der Waals surface area (Å²) < 4.78 is 5.48. The van der Waals surface area contributed by atoms with Crippen molar-refractivity contribution >= 4 is 6.09 Å². The van der Waals surface area contributed by atoms with Gasteiger partial charge in [-0.1, -0.05) is 42.5 Å². The zero-order valence-corrected chi connectivity index (χ0v) is 11.8. The summed E-state index contributed by atoms with van der Waals surface area (Å²) >= 11 is 0. The van der Waals surface area contributed by atoms with Gasteiger partial charge in [0.05, 0.1) is 6.04 Å². The molecule has 0 fully saturated rings. The molecule has 3 nitrogen and oxygen atoms in total. The minimum absolute atomic E-state index is 0.0233. The Balaban J connectivity index is 2.19. The largest absolute Gasteiger partial charge is 0.444 e. The van der Waals surface area contributed by atoms with Crippen molar-refractivity contribution in [3.8, 4) is 0 Å². The monoisotopic (exact) mass is 259 g/mol. The fourth-order valence-electron chi connectivity index (χ4n) is 2.15. The first-order valence-corrected chi connectivity index (χ1v) is 6.68. The molecule has 0 aromatic heterocycles. The Morgan fingerprint density at radius 3 is 2.58 bits per heavy atom. The lowest BCUT2D eigenvalue weighted by Gasteiger charge is -2.34. The summed E-state index contributed by atoms with van der Waals surface area (Å²) in [7, 11) is 0. The first-order chi connectivity index (χ1) is 8.97. The first-order valence-electron chi connectivity index (χ1n) is 6.68. The summed E-state index contributed by atoms with van der Waals surface area (Å²) in [6.45, 7) is 6.37. The van der Waals surface area contributed by atoms with Gasteiger partial charge >= 0.3 is 6.09 Å². The number of hydrogen-bond acceptors (Lipinski definition) is 2. The van der Waals surface area contributed by atoms with E-state index in [9.17, 15) is 4.79 Å². The topological polar surface area (TPSA) is 29.5 Å². The number of carbonyl (C=O) groups is 1. The van der Waals surface area contributed by atoms with E-state index in [1.165, 1.54) is 0 Å². The summed E-state index contributed by atoms with van der Waals surface area (Å²) in [6, 6.07) is 10.0. The minimum atomic E-state index is -0.459. The third-order valence-corrected chi connectivity index (χ3v) is 2.96. The van der Waals surface area contributed by atoms with Gasteiger partial charge in [0.1, 0.15) is 5.60 Å². The second-order valence-electron chi connectivity index (χ2n) is 5.75. The molecule has 3 heteroatoms. The summed E-state index contributed by atoms with van der Waals surface area (Å²) in [6.07, 6.45) is 4.83. The molecule has 0 saturated heterocycles. The molecule has 1 heterocycles. The zero-order chi connectivity index (χ0) is 13.9. The van der Waals surface area contributed by atoms with Crippen LogP contribution in [0, 0.1) is 0 Å². The highest BCUT2D eigenvalue weighted by atomic mass is 16.6. The molecule has 0 radical (unpaired) electrons. The quantitative estimate of drug-likeness (QED) is 0.715. The van der Waals surface area contributed by atoms with Crippen LogP contribution in [0.25, 0.3) is 0 Å². The zero-order valence-electron chi connectivity index (χ0n) is 11.8. The van der Waals surface area contributed by atoms with Crippen LogP contribution in [0.4, 0.5) is 4.79 Å². The predicted octanol–water partition coefficient (Wildman–Crippen LogP) is 3.92. The molecule has 1 aliphatic rings. The summed E-state index contributed by atoms with van der Waals surface area (Å²) in [5.41, 5.74) is 0.656. The van der Waals surface area contributed by atoms with Gasteiger partial charge in [0.15, 0.2) is 0 Å². The van der Waals surface area contributed by atoms with Crippen molar-refractivity contribution in [1.82, 2.24) is 4.90 Å². The number of amides is 1. The Hall–Kier alpha value is -1.77. The molecule has 1 aliphatic heterocycles. The van der Waals surface area contributed by atoms with Crippen LogP contribution in [-0.4, -0.2) is 23.1 Å². The average molecular weight is 259 g/mol. The van der Waals surface area contributed by atoms with Gasteiger partial charge in [-0.2, -0.15) is 0 Å². The highest BCUT2D eigenvalue weighted by Crippen LogP contribution is 2.27. The smallest absolute Gasteiger partial charge is 0.411 e. The maximum atomic E-state index is 12.3. The lowest BCUT2D eigenvalue weighted by atomic mass is 10.0. The Labute approximate surface area is 114 Å². The van der Waals surface area contributed by atoms with E-state index in [1.54, 1.807) is 4.90 Å². The van der Waals surface area contributed by atoms with Crippen LogP contribution in [0.3, 0.4) is 0 Å². The van der Waals surface area contributed by atoms with Gasteiger partial charge in [0.2, 0.25) is 0 Å². The van der Waals surface area contributed by atoms with Gasteiger partial charge in [0, 0.05) is 6.54 Å². The molecule has 1 aromatic rings. The molecule has 0 bridgehead atoms. The number of carbonyl (C=O) groups excluding carboxylic acids is 1. The minimum Gasteiger partial charge on any atom is -0.444 e. The van der Waals surface area contributed by atoms with Crippen LogP contribution in [0.1, 0.15) is 38.8 Å². The third-order valence-electron chi connectivity index (χ3n) is 2.96. The lowest BCUT2D eigenvalue weighted by molar-refractivity contribution is 0.0190. The second kappa shape index (κ2) is 5.47. The van der Waals surface area contributed by atoms with Crippen LogP contribution in [-0.2, 0) is 4.74 Å². The normalized spacial score (nSPS) is 19.3. The first kappa shape index (κ1) is 13.7. The molecule has 0 N–H and O–H groups in total. The number of hydrogen-bond donors (Lipinski definition) is 0. The van der Waals surface area contributed by atoms with Crippen LogP contribution in [0.2, 0.25) is 0 Å². The number of ether oxygens (including phenoxy) is 1. The molecule has 2 rings (SSSR count). The number of benzene rings is 1. The van der Waals surface area contributed by atoms with Crippen LogP contribution >= 0.6 is 0 Å². The van der Waals surface area contributed by atoms with E-state index >= 15 is 0 Å². The molecule has 1 unspecified atom stereocenters. The molecule has 1 aromatic carbocycles.